The average Bonchev–Trinajstić information content (AvgIpc) is 3.02. The highest BCUT2D eigenvalue weighted by Crippen LogP contribution is 2.17. The first-order valence-electron chi connectivity index (χ1n) is 7.93. The fourth-order valence-corrected chi connectivity index (χ4v) is 3.23. The Hall–Kier alpha value is -2.74. The lowest BCUT2D eigenvalue weighted by atomic mass is 10.1. The molecule has 2 heterocycles. The van der Waals surface area contributed by atoms with Crippen molar-refractivity contribution in [3.8, 4) is 0 Å². The maximum absolute atomic E-state index is 12.2. The first kappa shape index (κ1) is 17.1. The van der Waals surface area contributed by atoms with Crippen molar-refractivity contribution in [1.29, 1.82) is 0 Å². The number of hydrogen-bond donors (Lipinski definition) is 2. The van der Waals surface area contributed by atoms with E-state index in [0.717, 1.165) is 5.56 Å². The summed E-state index contributed by atoms with van der Waals surface area (Å²) < 4.78 is 0. The molecule has 1 aromatic carbocycles. The normalized spacial score (nSPS) is 14.1. The van der Waals surface area contributed by atoms with E-state index in [1.54, 1.807) is 5.38 Å². The third-order valence-corrected chi connectivity index (χ3v) is 4.54. The van der Waals surface area contributed by atoms with E-state index in [4.69, 9.17) is 0 Å². The zero-order valence-electron chi connectivity index (χ0n) is 13.5. The van der Waals surface area contributed by atoms with Crippen LogP contribution in [0.5, 0.6) is 0 Å². The molecule has 1 saturated heterocycles. The maximum atomic E-state index is 12.2. The van der Waals surface area contributed by atoms with Crippen LogP contribution >= 0.6 is 11.3 Å². The minimum Gasteiger partial charge on any atom is -0.353 e. The van der Waals surface area contributed by atoms with Crippen LogP contribution in [0.4, 0.5) is 5.13 Å². The summed E-state index contributed by atoms with van der Waals surface area (Å²) >= 11 is 1.28. The molecule has 0 bridgehead atoms. The van der Waals surface area contributed by atoms with E-state index >= 15 is 0 Å². The standard InChI is InChI=1S/C17H18N4O3S/c22-14(8-12-4-2-1-3-5-12)20-17-19-13(11-25-17)9-16(24)21-7-6-18-15(23)10-21/h1-5,11H,6-10H2,(H,18,23)(H,19,20,22). The van der Waals surface area contributed by atoms with Gasteiger partial charge in [-0.05, 0) is 5.56 Å². The Bertz CT molecular complexity index is 775. The number of nitrogens with zero attached hydrogens (tertiary/aromatic N) is 2. The highest BCUT2D eigenvalue weighted by molar-refractivity contribution is 7.13. The van der Waals surface area contributed by atoms with Crippen LogP contribution in [0.25, 0.3) is 0 Å². The van der Waals surface area contributed by atoms with Gasteiger partial charge in [-0.1, -0.05) is 30.3 Å². The SMILES string of the molecule is O=C1CN(C(=O)Cc2csc(NC(=O)Cc3ccccc3)n2)CCN1. The first-order chi connectivity index (χ1) is 12.1. The van der Waals surface area contributed by atoms with Crippen molar-refractivity contribution in [2.75, 3.05) is 25.0 Å². The molecule has 130 valence electrons. The number of benzene rings is 1. The number of amides is 3. The highest BCUT2D eigenvalue weighted by atomic mass is 32.1. The fraction of sp³-hybridized carbons (Fsp3) is 0.294. The summed E-state index contributed by atoms with van der Waals surface area (Å²) in [7, 11) is 0. The van der Waals surface area contributed by atoms with Crippen molar-refractivity contribution in [2.45, 2.75) is 12.8 Å². The molecule has 0 radical (unpaired) electrons. The van der Waals surface area contributed by atoms with Gasteiger partial charge in [0.25, 0.3) is 0 Å². The lowest BCUT2D eigenvalue weighted by molar-refractivity contribution is -0.137. The molecule has 3 rings (SSSR count). The van der Waals surface area contributed by atoms with Gasteiger partial charge in [0.05, 0.1) is 25.1 Å². The van der Waals surface area contributed by atoms with E-state index in [-0.39, 0.29) is 37.1 Å². The van der Waals surface area contributed by atoms with Gasteiger partial charge < -0.3 is 15.5 Å². The Labute approximate surface area is 149 Å². The van der Waals surface area contributed by atoms with Crippen LogP contribution < -0.4 is 10.6 Å². The number of thiazole rings is 1. The van der Waals surface area contributed by atoms with Gasteiger partial charge in [-0.3, -0.25) is 14.4 Å². The minimum absolute atomic E-state index is 0.0869. The van der Waals surface area contributed by atoms with Crippen molar-refractivity contribution in [3.05, 3.63) is 47.0 Å². The Morgan fingerprint density at radius 2 is 2.04 bits per heavy atom. The van der Waals surface area contributed by atoms with Gasteiger partial charge in [0.2, 0.25) is 17.7 Å². The zero-order chi connectivity index (χ0) is 17.6. The minimum atomic E-state index is -0.147. The number of hydrogen-bond acceptors (Lipinski definition) is 5. The Morgan fingerprint density at radius 1 is 1.24 bits per heavy atom. The molecule has 7 nitrogen and oxygen atoms in total. The number of anilines is 1. The molecule has 0 saturated carbocycles. The van der Waals surface area contributed by atoms with E-state index in [0.29, 0.717) is 23.9 Å². The van der Waals surface area contributed by atoms with Gasteiger partial charge >= 0.3 is 0 Å². The van der Waals surface area contributed by atoms with E-state index in [1.165, 1.54) is 16.2 Å². The van der Waals surface area contributed by atoms with Crippen LogP contribution in [0, 0.1) is 0 Å². The Kier molecular flexibility index (Phi) is 5.39. The number of nitrogens with one attached hydrogen (secondary N) is 2. The molecule has 1 aromatic heterocycles. The second kappa shape index (κ2) is 7.89. The second-order valence-electron chi connectivity index (χ2n) is 5.70. The van der Waals surface area contributed by atoms with Gasteiger partial charge in [-0.2, -0.15) is 0 Å². The molecule has 0 spiro atoms. The first-order valence-corrected chi connectivity index (χ1v) is 8.81. The van der Waals surface area contributed by atoms with E-state index in [1.807, 2.05) is 30.3 Å². The fourth-order valence-electron chi connectivity index (χ4n) is 2.51. The van der Waals surface area contributed by atoms with Crippen molar-refractivity contribution < 1.29 is 14.4 Å². The molecule has 2 N–H and O–H groups in total. The van der Waals surface area contributed by atoms with Crippen molar-refractivity contribution in [3.63, 3.8) is 0 Å². The zero-order valence-corrected chi connectivity index (χ0v) is 14.3. The lowest BCUT2D eigenvalue weighted by Crippen LogP contribution is -2.50. The quantitative estimate of drug-likeness (QED) is 0.828. The van der Waals surface area contributed by atoms with Gasteiger partial charge in [0.15, 0.2) is 5.13 Å². The number of aromatic nitrogens is 1. The van der Waals surface area contributed by atoms with E-state index in [2.05, 4.69) is 15.6 Å². The summed E-state index contributed by atoms with van der Waals surface area (Å²) in [4.78, 5) is 41.4. The molecule has 3 amide bonds. The van der Waals surface area contributed by atoms with Crippen LogP contribution in [-0.4, -0.2) is 47.2 Å². The summed E-state index contributed by atoms with van der Waals surface area (Å²) in [6.45, 7) is 1.07. The lowest BCUT2D eigenvalue weighted by Gasteiger charge is -2.26. The molecule has 0 atom stereocenters. The number of rotatable bonds is 5. The number of carbonyl (C=O) groups excluding carboxylic acids is 3. The van der Waals surface area contributed by atoms with Crippen LogP contribution in [0.3, 0.4) is 0 Å². The third-order valence-electron chi connectivity index (χ3n) is 3.73. The largest absolute Gasteiger partial charge is 0.353 e. The molecule has 25 heavy (non-hydrogen) atoms. The Morgan fingerprint density at radius 3 is 2.80 bits per heavy atom. The summed E-state index contributed by atoms with van der Waals surface area (Å²) in [6, 6.07) is 9.45. The van der Waals surface area contributed by atoms with E-state index in [9.17, 15) is 14.4 Å². The molecule has 2 aromatic rings. The van der Waals surface area contributed by atoms with Crippen LogP contribution in [0.15, 0.2) is 35.7 Å². The van der Waals surface area contributed by atoms with Crippen molar-refractivity contribution >= 4 is 34.2 Å². The predicted octanol–water partition coefficient (Wildman–Crippen LogP) is 0.825. The molecule has 1 fully saturated rings. The van der Waals surface area contributed by atoms with Crippen LogP contribution in [-0.2, 0) is 27.2 Å². The topological polar surface area (TPSA) is 91.4 Å². The van der Waals surface area contributed by atoms with Gasteiger partial charge in [-0.15, -0.1) is 11.3 Å². The number of carbonyl (C=O) groups is 3. The third kappa shape index (κ3) is 4.87. The van der Waals surface area contributed by atoms with E-state index < -0.39 is 0 Å². The summed E-state index contributed by atoms with van der Waals surface area (Å²) in [5, 5.41) is 7.65. The number of piperazine rings is 1. The second-order valence-corrected chi connectivity index (χ2v) is 6.55. The molecule has 1 aliphatic rings. The van der Waals surface area contributed by atoms with Crippen molar-refractivity contribution in [1.82, 2.24) is 15.2 Å². The molecule has 0 unspecified atom stereocenters. The smallest absolute Gasteiger partial charge is 0.239 e. The van der Waals surface area contributed by atoms with Crippen molar-refractivity contribution in [2.24, 2.45) is 0 Å². The molecule has 0 aliphatic carbocycles. The van der Waals surface area contributed by atoms with Crippen LogP contribution in [0.2, 0.25) is 0 Å². The highest BCUT2D eigenvalue weighted by Gasteiger charge is 2.22. The maximum Gasteiger partial charge on any atom is 0.239 e. The predicted molar refractivity (Wildman–Crippen MR) is 94.2 cm³/mol. The van der Waals surface area contributed by atoms with Gasteiger partial charge in [-0.25, -0.2) is 4.98 Å². The van der Waals surface area contributed by atoms with Gasteiger partial charge in [0.1, 0.15) is 0 Å². The Balaban J connectivity index is 1.52. The summed E-state index contributed by atoms with van der Waals surface area (Å²) in [5.41, 5.74) is 1.52. The summed E-state index contributed by atoms with van der Waals surface area (Å²) in [6.07, 6.45) is 0.399. The average molecular weight is 358 g/mol. The molecular weight excluding hydrogens is 340 g/mol. The molecule has 1 aliphatic heterocycles. The molecule has 8 heteroatoms. The van der Waals surface area contributed by atoms with Crippen LogP contribution in [0.1, 0.15) is 11.3 Å². The summed E-state index contributed by atoms with van der Waals surface area (Å²) in [5.74, 6) is -0.430. The van der Waals surface area contributed by atoms with Gasteiger partial charge in [0, 0.05) is 18.5 Å². The monoisotopic (exact) mass is 358 g/mol. The molecular formula is C17H18N4O3S.